The summed E-state index contributed by atoms with van der Waals surface area (Å²) in [6.45, 7) is 8.30. The highest BCUT2D eigenvalue weighted by Gasteiger charge is 2.25. The molecule has 0 aromatic carbocycles. The van der Waals surface area contributed by atoms with Crippen molar-refractivity contribution in [3.05, 3.63) is 0 Å². The first-order valence-corrected chi connectivity index (χ1v) is 6.84. The molecular formula is C13H27N2+. The number of hydrogen-bond acceptors (Lipinski definition) is 1. The van der Waals surface area contributed by atoms with Crippen molar-refractivity contribution in [1.29, 1.82) is 0 Å². The molecule has 2 aliphatic heterocycles. The van der Waals surface area contributed by atoms with Gasteiger partial charge in [0.05, 0.1) is 26.7 Å². The summed E-state index contributed by atoms with van der Waals surface area (Å²) < 4.78 is 1.34. The molecule has 2 saturated heterocycles. The van der Waals surface area contributed by atoms with Gasteiger partial charge in [-0.05, 0) is 45.2 Å². The lowest BCUT2D eigenvalue weighted by Crippen LogP contribution is -2.52. The maximum atomic E-state index is 2.68. The van der Waals surface area contributed by atoms with Gasteiger partial charge in [0.15, 0.2) is 0 Å². The van der Waals surface area contributed by atoms with Crippen LogP contribution in [0.25, 0.3) is 0 Å². The standard InChI is InChI=1S/C13H27N2/c1-15(11-6-3-7-12-15)13-10-14-8-4-2-5-9-14/h2-13H2,1H3/q+1. The van der Waals surface area contributed by atoms with Crippen LogP contribution >= 0.6 is 0 Å². The largest absolute Gasteiger partial charge is 0.325 e. The van der Waals surface area contributed by atoms with Gasteiger partial charge in [-0.15, -0.1) is 0 Å². The van der Waals surface area contributed by atoms with Crippen LogP contribution in [0.1, 0.15) is 38.5 Å². The van der Waals surface area contributed by atoms with Gasteiger partial charge in [-0.25, -0.2) is 0 Å². The van der Waals surface area contributed by atoms with Gasteiger partial charge in [-0.2, -0.15) is 0 Å². The Kier molecular flexibility index (Phi) is 4.04. The van der Waals surface area contributed by atoms with E-state index >= 15 is 0 Å². The van der Waals surface area contributed by atoms with Gasteiger partial charge in [0.1, 0.15) is 0 Å². The Morgan fingerprint density at radius 3 is 2.13 bits per heavy atom. The van der Waals surface area contributed by atoms with E-state index in [1.165, 1.54) is 82.3 Å². The monoisotopic (exact) mass is 211 g/mol. The Bertz CT molecular complexity index is 179. The number of rotatable bonds is 3. The fourth-order valence-electron chi connectivity index (χ4n) is 3.07. The van der Waals surface area contributed by atoms with Crippen LogP contribution in [0.2, 0.25) is 0 Å². The van der Waals surface area contributed by atoms with Crippen molar-refractivity contribution in [3.8, 4) is 0 Å². The average molecular weight is 211 g/mol. The third-order valence-electron chi connectivity index (χ3n) is 4.30. The minimum absolute atomic E-state index is 1.34. The molecule has 0 bridgehead atoms. The van der Waals surface area contributed by atoms with E-state index in [2.05, 4.69) is 11.9 Å². The zero-order chi connectivity index (χ0) is 10.6. The summed E-state index contributed by atoms with van der Waals surface area (Å²) in [4.78, 5) is 2.68. The van der Waals surface area contributed by atoms with Crippen LogP contribution in [0, 0.1) is 0 Å². The molecule has 2 aliphatic rings. The first-order chi connectivity index (χ1) is 7.29. The third-order valence-corrected chi connectivity index (χ3v) is 4.30. The fourth-order valence-corrected chi connectivity index (χ4v) is 3.07. The molecule has 2 heterocycles. The van der Waals surface area contributed by atoms with Crippen LogP contribution in [0.15, 0.2) is 0 Å². The summed E-state index contributed by atoms with van der Waals surface area (Å²) >= 11 is 0. The van der Waals surface area contributed by atoms with Gasteiger partial charge in [-0.3, -0.25) is 4.90 Å². The molecule has 0 amide bonds. The van der Waals surface area contributed by atoms with Crippen molar-refractivity contribution in [2.75, 3.05) is 46.3 Å². The van der Waals surface area contributed by atoms with Crippen LogP contribution in [0.5, 0.6) is 0 Å². The number of nitrogens with zero attached hydrogens (tertiary/aromatic N) is 2. The molecule has 0 spiro atoms. The number of hydrogen-bond donors (Lipinski definition) is 0. The van der Waals surface area contributed by atoms with Crippen LogP contribution in [-0.2, 0) is 0 Å². The van der Waals surface area contributed by atoms with Crippen molar-refractivity contribution >= 4 is 0 Å². The molecular weight excluding hydrogens is 184 g/mol. The van der Waals surface area contributed by atoms with Crippen LogP contribution < -0.4 is 0 Å². The highest BCUT2D eigenvalue weighted by atomic mass is 15.3. The Balaban J connectivity index is 1.70. The number of likely N-dealkylation sites (N-methyl/N-ethyl adjacent to an activating group) is 1. The maximum Gasteiger partial charge on any atom is 0.0913 e. The average Bonchev–Trinajstić information content (AvgIpc) is 2.29. The van der Waals surface area contributed by atoms with Gasteiger partial charge in [-0.1, -0.05) is 6.42 Å². The minimum atomic E-state index is 1.34. The Morgan fingerprint density at radius 2 is 1.47 bits per heavy atom. The van der Waals surface area contributed by atoms with E-state index in [0.29, 0.717) is 0 Å². The van der Waals surface area contributed by atoms with Crippen LogP contribution in [0.4, 0.5) is 0 Å². The van der Waals surface area contributed by atoms with Crippen LogP contribution in [0.3, 0.4) is 0 Å². The summed E-state index contributed by atoms with van der Waals surface area (Å²) in [5, 5.41) is 0. The molecule has 15 heavy (non-hydrogen) atoms. The predicted octanol–water partition coefficient (Wildman–Crippen LogP) is 2.10. The van der Waals surface area contributed by atoms with E-state index < -0.39 is 0 Å². The molecule has 0 unspecified atom stereocenters. The lowest BCUT2D eigenvalue weighted by Gasteiger charge is -2.39. The Morgan fingerprint density at radius 1 is 0.867 bits per heavy atom. The lowest BCUT2D eigenvalue weighted by molar-refractivity contribution is -0.913. The number of piperidine rings is 2. The van der Waals surface area contributed by atoms with Crippen molar-refractivity contribution in [2.45, 2.75) is 38.5 Å². The van der Waals surface area contributed by atoms with E-state index in [9.17, 15) is 0 Å². The predicted molar refractivity (Wildman–Crippen MR) is 64.9 cm³/mol. The third kappa shape index (κ3) is 3.46. The zero-order valence-electron chi connectivity index (χ0n) is 10.4. The minimum Gasteiger partial charge on any atom is -0.325 e. The van der Waals surface area contributed by atoms with Gasteiger partial charge in [0.2, 0.25) is 0 Å². The summed E-state index contributed by atoms with van der Waals surface area (Å²) in [6, 6.07) is 0. The first kappa shape index (κ1) is 11.4. The van der Waals surface area contributed by atoms with Crippen molar-refractivity contribution in [2.24, 2.45) is 0 Å². The van der Waals surface area contributed by atoms with Gasteiger partial charge >= 0.3 is 0 Å². The molecule has 0 N–H and O–H groups in total. The normalized spacial score (nSPS) is 27.8. The molecule has 0 radical (unpaired) electrons. The molecule has 2 heteroatoms. The van der Waals surface area contributed by atoms with Crippen molar-refractivity contribution < 1.29 is 4.48 Å². The molecule has 0 aliphatic carbocycles. The number of likely N-dealkylation sites (tertiary alicyclic amines) is 2. The first-order valence-electron chi connectivity index (χ1n) is 6.84. The second kappa shape index (κ2) is 5.31. The van der Waals surface area contributed by atoms with E-state index in [4.69, 9.17) is 0 Å². The highest BCUT2D eigenvalue weighted by molar-refractivity contribution is 4.64. The fraction of sp³-hybridized carbons (Fsp3) is 1.00. The maximum absolute atomic E-state index is 2.68. The topological polar surface area (TPSA) is 3.24 Å². The summed E-state index contributed by atoms with van der Waals surface area (Å²) in [5.74, 6) is 0. The van der Waals surface area contributed by atoms with Crippen molar-refractivity contribution in [1.82, 2.24) is 4.90 Å². The second-order valence-corrected chi connectivity index (χ2v) is 5.75. The summed E-state index contributed by atoms with van der Waals surface area (Å²) in [7, 11) is 2.46. The molecule has 2 nitrogen and oxygen atoms in total. The molecule has 2 rings (SSSR count). The van der Waals surface area contributed by atoms with E-state index in [1.807, 2.05) is 0 Å². The van der Waals surface area contributed by atoms with Gasteiger partial charge in [0, 0.05) is 6.54 Å². The Labute approximate surface area is 94.8 Å². The smallest absolute Gasteiger partial charge is 0.0913 e. The zero-order valence-corrected chi connectivity index (χ0v) is 10.4. The Hall–Kier alpha value is -0.0800. The SMILES string of the molecule is C[N+]1(CCN2CCCCC2)CCCCC1. The quantitative estimate of drug-likeness (QED) is 0.646. The van der Waals surface area contributed by atoms with Crippen molar-refractivity contribution in [3.63, 3.8) is 0 Å². The molecule has 88 valence electrons. The van der Waals surface area contributed by atoms with Gasteiger partial charge < -0.3 is 4.48 Å². The van der Waals surface area contributed by atoms with E-state index in [0.717, 1.165) is 0 Å². The van der Waals surface area contributed by atoms with Crippen LogP contribution in [-0.4, -0.2) is 55.7 Å². The summed E-state index contributed by atoms with van der Waals surface area (Å²) in [6.07, 6.45) is 8.71. The highest BCUT2D eigenvalue weighted by Crippen LogP contribution is 2.16. The molecule has 0 atom stereocenters. The van der Waals surface area contributed by atoms with Gasteiger partial charge in [0.25, 0.3) is 0 Å². The van der Waals surface area contributed by atoms with E-state index in [1.54, 1.807) is 0 Å². The second-order valence-electron chi connectivity index (χ2n) is 5.75. The molecule has 0 aromatic heterocycles. The number of quaternary nitrogens is 1. The van der Waals surface area contributed by atoms with E-state index in [-0.39, 0.29) is 0 Å². The molecule has 0 saturated carbocycles. The molecule has 0 aromatic rings. The lowest BCUT2D eigenvalue weighted by atomic mass is 10.1. The molecule has 2 fully saturated rings. The summed E-state index contributed by atoms with van der Waals surface area (Å²) in [5.41, 5.74) is 0.